The molecule has 2 aliphatic rings. The third-order valence-corrected chi connectivity index (χ3v) is 4.84. The van der Waals surface area contributed by atoms with Crippen molar-refractivity contribution >= 4 is 22.4 Å². The second-order valence-corrected chi connectivity index (χ2v) is 6.16. The van der Waals surface area contributed by atoms with Crippen LogP contribution in [0.25, 0.3) is 0 Å². The molecule has 1 aromatic heterocycles. The molecule has 1 aliphatic carbocycles. The molecule has 2 heterocycles. The molecule has 4 nitrogen and oxygen atoms in total. The Labute approximate surface area is 107 Å². The van der Waals surface area contributed by atoms with Gasteiger partial charge in [0.2, 0.25) is 0 Å². The third-order valence-electron chi connectivity index (χ3n) is 3.90. The van der Waals surface area contributed by atoms with E-state index in [9.17, 15) is 0 Å². The van der Waals surface area contributed by atoms with E-state index in [1.165, 1.54) is 29.8 Å². The number of nitrogens with two attached hydrogens (primary N) is 1. The van der Waals surface area contributed by atoms with Gasteiger partial charge < -0.3 is 15.5 Å². The number of hydrogen-bond acceptors (Lipinski definition) is 5. The van der Waals surface area contributed by atoms with Crippen LogP contribution in [0.4, 0.5) is 10.8 Å². The first-order chi connectivity index (χ1) is 8.16. The predicted octanol–water partition coefficient (Wildman–Crippen LogP) is 1.74. The average molecular weight is 252 g/mol. The molecular formula is C12H20N4S. The normalized spacial score (nSPS) is 24.9. The molecule has 0 spiro atoms. The number of anilines is 2. The topological polar surface area (TPSA) is 45.4 Å². The Balaban J connectivity index is 1.81. The van der Waals surface area contributed by atoms with Gasteiger partial charge in [-0.15, -0.1) is 0 Å². The summed E-state index contributed by atoms with van der Waals surface area (Å²) in [5, 5.41) is 1.34. The number of hydrogen-bond donors (Lipinski definition) is 1. The van der Waals surface area contributed by atoms with Crippen LogP contribution in [-0.4, -0.2) is 42.5 Å². The minimum atomic E-state index is 0.672. The molecule has 2 N–H and O–H groups in total. The summed E-state index contributed by atoms with van der Waals surface area (Å²) < 4.78 is 4.36. The largest absolute Gasteiger partial charge is 0.383 e. The maximum Gasteiger partial charge on any atom is 0.142 e. The van der Waals surface area contributed by atoms with Crippen molar-refractivity contribution in [2.45, 2.75) is 31.2 Å². The van der Waals surface area contributed by atoms with Crippen molar-refractivity contribution < 1.29 is 0 Å². The highest BCUT2D eigenvalue weighted by Gasteiger charge is 2.34. The fourth-order valence-electron chi connectivity index (χ4n) is 2.63. The van der Waals surface area contributed by atoms with E-state index in [0.29, 0.717) is 12.0 Å². The third kappa shape index (κ3) is 2.02. The van der Waals surface area contributed by atoms with Gasteiger partial charge in [-0.05, 0) is 50.8 Å². The van der Waals surface area contributed by atoms with Crippen LogP contribution in [0, 0.1) is 0 Å². The van der Waals surface area contributed by atoms with Crippen molar-refractivity contribution in [2.24, 2.45) is 0 Å². The molecule has 0 radical (unpaired) electrons. The van der Waals surface area contributed by atoms with Crippen LogP contribution in [-0.2, 0) is 0 Å². The molecule has 1 saturated carbocycles. The molecule has 1 atom stereocenters. The van der Waals surface area contributed by atoms with E-state index >= 15 is 0 Å². The lowest BCUT2D eigenvalue weighted by Crippen LogP contribution is -2.31. The van der Waals surface area contributed by atoms with Crippen LogP contribution in [0.1, 0.15) is 30.7 Å². The van der Waals surface area contributed by atoms with Crippen LogP contribution in [0.5, 0.6) is 0 Å². The molecular weight excluding hydrogens is 232 g/mol. The fraction of sp³-hybridized carbons (Fsp3) is 0.750. The minimum absolute atomic E-state index is 0.672. The highest BCUT2D eigenvalue weighted by atomic mass is 32.1. The Morgan fingerprint density at radius 1 is 1.35 bits per heavy atom. The van der Waals surface area contributed by atoms with E-state index in [-0.39, 0.29) is 0 Å². The van der Waals surface area contributed by atoms with E-state index in [2.05, 4.69) is 28.3 Å². The zero-order chi connectivity index (χ0) is 12.0. The molecule has 1 aromatic rings. The number of nitrogens with zero attached hydrogens (tertiary/aromatic N) is 3. The second-order valence-electron chi connectivity index (χ2n) is 5.41. The Morgan fingerprint density at radius 2 is 2.12 bits per heavy atom. The van der Waals surface area contributed by atoms with Gasteiger partial charge in [-0.25, -0.2) is 0 Å². The first-order valence-corrected chi connectivity index (χ1v) is 7.10. The lowest BCUT2D eigenvalue weighted by Gasteiger charge is -2.21. The molecule has 1 saturated heterocycles. The van der Waals surface area contributed by atoms with Crippen LogP contribution in [0.3, 0.4) is 0 Å². The first kappa shape index (κ1) is 11.3. The molecule has 1 unspecified atom stereocenters. The van der Waals surface area contributed by atoms with Gasteiger partial charge in [0.15, 0.2) is 0 Å². The predicted molar refractivity (Wildman–Crippen MR) is 72.8 cm³/mol. The fourth-order valence-corrected chi connectivity index (χ4v) is 3.57. The first-order valence-electron chi connectivity index (χ1n) is 6.33. The van der Waals surface area contributed by atoms with Gasteiger partial charge in [0, 0.05) is 24.7 Å². The summed E-state index contributed by atoms with van der Waals surface area (Å²) in [6.45, 7) is 2.26. The zero-order valence-electron chi connectivity index (χ0n) is 10.5. The Hall–Kier alpha value is -0.810. The van der Waals surface area contributed by atoms with Crippen molar-refractivity contribution in [1.82, 2.24) is 9.27 Å². The Morgan fingerprint density at radius 3 is 2.71 bits per heavy atom. The van der Waals surface area contributed by atoms with Gasteiger partial charge in [-0.2, -0.15) is 4.37 Å². The van der Waals surface area contributed by atoms with Crippen LogP contribution in [0.2, 0.25) is 0 Å². The summed E-state index contributed by atoms with van der Waals surface area (Å²) in [5.74, 6) is 1.47. The highest BCUT2D eigenvalue weighted by Crippen LogP contribution is 2.49. The summed E-state index contributed by atoms with van der Waals surface area (Å²) in [7, 11) is 4.33. The molecule has 17 heavy (non-hydrogen) atoms. The highest BCUT2D eigenvalue weighted by molar-refractivity contribution is 7.10. The molecule has 3 rings (SSSR count). The quantitative estimate of drug-likeness (QED) is 0.890. The summed E-state index contributed by atoms with van der Waals surface area (Å²) in [6.07, 6.45) is 3.83. The van der Waals surface area contributed by atoms with Crippen molar-refractivity contribution in [2.75, 3.05) is 37.8 Å². The summed E-state index contributed by atoms with van der Waals surface area (Å²) >= 11 is 1.59. The molecule has 94 valence electrons. The smallest absolute Gasteiger partial charge is 0.142 e. The van der Waals surface area contributed by atoms with E-state index in [1.807, 2.05) is 0 Å². The van der Waals surface area contributed by atoms with Gasteiger partial charge >= 0.3 is 0 Å². The maximum atomic E-state index is 6.01. The zero-order valence-corrected chi connectivity index (χ0v) is 11.3. The number of nitrogen functional groups attached to an aromatic ring is 1. The SMILES string of the molecule is CN(C)C1CCN(c2snc(N)c2C2CC2)C1. The number of likely N-dealkylation sites (N-methyl/N-ethyl adjacent to an activating group) is 1. The average Bonchev–Trinajstić information content (AvgIpc) is 2.87. The van der Waals surface area contributed by atoms with E-state index < -0.39 is 0 Å². The van der Waals surface area contributed by atoms with Crippen LogP contribution in [0.15, 0.2) is 0 Å². The lowest BCUT2D eigenvalue weighted by atomic mass is 10.2. The number of rotatable bonds is 3. The van der Waals surface area contributed by atoms with Gasteiger partial charge in [0.05, 0.1) is 0 Å². The van der Waals surface area contributed by atoms with Crippen molar-refractivity contribution in [3.8, 4) is 0 Å². The van der Waals surface area contributed by atoms with Crippen LogP contribution >= 0.6 is 11.5 Å². The molecule has 2 fully saturated rings. The van der Waals surface area contributed by atoms with Gasteiger partial charge in [0.25, 0.3) is 0 Å². The van der Waals surface area contributed by atoms with Crippen LogP contribution < -0.4 is 10.6 Å². The second kappa shape index (κ2) is 4.14. The van der Waals surface area contributed by atoms with Gasteiger partial charge in [-0.3, -0.25) is 0 Å². The molecule has 1 aliphatic heterocycles. The molecule has 0 aromatic carbocycles. The van der Waals surface area contributed by atoms with E-state index in [1.54, 1.807) is 11.5 Å². The number of aromatic nitrogens is 1. The van der Waals surface area contributed by atoms with Crippen molar-refractivity contribution in [3.05, 3.63) is 5.56 Å². The van der Waals surface area contributed by atoms with E-state index in [4.69, 9.17) is 5.73 Å². The minimum Gasteiger partial charge on any atom is -0.383 e. The van der Waals surface area contributed by atoms with Crippen molar-refractivity contribution in [3.63, 3.8) is 0 Å². The molecule has 0 bridgehead atoms. The van der Waals surface area contributed by atoms with Crippen molar-refractivity contribution in [1.29, 1.82) is 0 Å². The summed E-state index contributed by atoms with van der Waals surface area (Å²) in [6, 6.07) is 0.672. The van der Waals surface area contributed by atoms with Gasteiger partial charge in [-0.1, -0.05) is 0 Å². The van der Waals surface area contributed by atoms with Gasteiger partial charge in [0.1, 0.15) is 10.8 Å². The standard InChI is InChI=1S/C12H20N4S/c1-15(2)9-5-6-16(7-9)12-10(8-3-4-8)11(13)14-17-12/h8-9H,3-7H2,1-2H3,(H2,13,14). The maximum absolute atomic E-state index is 6.01. The lowest BCUT2D eigenvalue weighted by molar-refractivity contribution is 0.315. The molecule has 5 heteroatoms. The Bertz CT molecular complexity index is 411. The van der Waals surface area contributed by atoms with E-state index in [0.717, 1.165) is 18.9 Å². The summed E-state index contributed by atoms with van der Waals surface area (Å²) in [5.41, 5.74) is 7.35. The Kier molecular flexibility index (Phi) is 2.75. The summed E-state index contributed by atoms with van der Waals surface area (Å²) in [4.78, 5) is 4.80. The monoisotopic (exact) mass is 252 g/mol. The molecule has 0 amide bonds.